The van der Waals surface area contributed by atoms with E-state index in [0.29, 0.717) is 42.3 Å². The van der Waals surface area contributed by atoms with Crippen LogP contribution in [0.2, 0.25) is 0 Å². The van der Waals surface area contributed by atoms with Gasteiger partial charge in [0.05, 0.1) is 34.5 Å². The third kappa shape index (κ3) is 21.3. The molecule has 5 aliphatic rings. The number of fused-ring (bicyclic) bond motifs is 6. The summed E-state index contributed by atoms with van der Waals surface area (Å²) in [6.07, 6.45) is 8.23. The molecule has 13 rings (SSSR count). The number of alkyl carbamates (subject to hydrolysis) is 1. The van der Waals surface area contributed by atoms with E-state index in [0.717, 1.165) is 91.1 Å². The summed E-state index contributed by atoms with van der Waals surface area (Å²) in [5.74, 6) is -9.67. The first-order valence-electron chi connectivity index (χ1n) is 42.5. The van der Waals surface area contributed by atoms with Gasteiger partial charge in [-0.3, -0.25) is 24.0 Å². The number of carboxylic acid groups (broad SMARTS) is 2. The first-order valence-corrected chi connectivity index (χ1v) is 42.5. The Bertz CT molecular complexity index is 5400. The molecule has 8 aromatic rings. The van der Waals surface area contributed by atoms with Gasteiger partial charge in [-0.05, 0) is 177 Å². The first-order chi connectivity index (χ1) is 61.7. The third-order valence-corrected chi connectivity index (χ3v) is 24.0. The Labute approximate surface area is 742 Å². The summed E-state index contributed by atoms with van der Waals surface area (Å²) in [5, 5.41) is 22.7. The highest BCUT2D eigenvalue weighted by atomic mass is 16.6. The van der Waals surface area contributed by atoms with Crippen LogP contribution < -0.4 is 24.3 Å². The highest BCUT2D eigenvalue weighted by Crippen LogP contribution is 2.59. The molecule has 0 saturated heterocycles. The molecule has 0 heterocycles. The lowest BCUT2D eigenvalue weighted by Crippen LogP contribution is -2.45. The standard InChI is InChI=1S/C103H103NO24/c1-8-90(105)121-59-74(55-117-70-44-36-66(37-45-70)102(86-32-20-16-24-78(86)79-25-17-21-33-87(79)102)67-38-46-71(47-39-67)118-56-75(60-122-91(106)9-2)126-97(114)84-30-14-12-28-82(84)95(110)111)125-94(109)52-65-53-100(5,6)63-101(7,54-65)64-104-99(116)128-77(62-124-93(108)11-4)58-120-73-50-42-69(43-51-73)103(88-34-22-18-26-80(88)81-27-19-23-35-89(81)103)68-40-48-72(49-41-68)119-57-76(61-123-92(107)10-3)127-98(115)85-31-15-13-29-83(85)96(112)113/h8-27,32-51,65,74-77,82-85H,1-4,28-31,52-64H2,5-7H3,(H,104,116)(H,110,111)(H,112,113). The van der Waals surface area contributed by atoms with E-state index in [-0.39, 0.29) is 103 Å². The number of aliphatic carboxylic acids is 2. The smallest absolute Gasteiger partial charge is 0.407 e. The predicted molar refractivity (Wildman–Crippen MR) is 472 cm³/mol. The van der Waals surface area contributed by atoms with Gasteiger partial charge >= 0.3 is 59.8 Å². The van der Waals surface area contributed by atoms with Crippen LogP contribution >= 0.6 is 0 Å². The molecule has 1 saturated carbocycles. The minimum atomic E-state index is -1.12. The minimum absolute atomic E-state index is 0.0106. The number of hydrogen-bond acceptors (Lipinski definition) is 22. The summed E-state index contributed by atoms with van der Waals surface area (Å²) in [5.41, 5.74) is 8.99. The van der Waals surface area contributed by atoms with Crippen molar-refractivity contribution in [1.29, 1.82) is 0 Å². The molecule has 128 heavy (non-hydrogen) atoms. The van der Waals surface area contributed by atoms with E-state index in [4.69, 9.17) is 56.8 Å². The summed E-state index contributed by atoms with van der Waals surface area (Å²) in [4.78, 5) is 129. The molecule has 8 aromatic carbocycles. The number of carboxylic acids is 2. The van der Waals surface area contributed by atoms with Gasteiger partial charge in [-0.15, -0.1) is 0 Å². The van der Waals surface area contributed by atoms with Crippen molar-refractivity contribution in [2.75, 3.05) is 59.4 Å². The van der Waals surface area contributed by atoms with Crippen molar-refractivity contribution in [2.24, 2.45) is 40.4 Å². The van der Waals surface area contributed by atoms with E-state index in [1.54, 1.807) is 48.6 Å². The van der Waals surface area contributed by atoms with Gasteiger partial charge in [0, 0.05) is 37.3 Å². The second-order valence-corrected chi connectivity index (χ2v) is 33.6. The zero-order valence-electron chi connectivity index (χ0n) is 71.5. The molecule has 10 atom stereocenters. The van der Waals surface area contributed by atoms with Gasteiger partial charge < -0.3 is 72.4 Å². The monoisotopic (exact) mass is 1740 g/mol. The summed E-state index contributed by atoms with van der Waals surface area (Å²) in [6.45, 7) is 18.0. The fraction of sp³-hybridized carbons (Fsp3) is 0.320. The number of ether oxygens (including phenoxy) is 12. The van der Waals surface area contributed by atoms with E-state index < -0.39 is 124 Å². The molecule has 0 spiro atoms. The molecule has 0 radical (unpaired) electrons. The Hall–Kier alpha value is -14.1. The number of carbonyl (C=O) groups excluding carboxylic acids is 8. The Morgan fingerprint density at radius 2 is 0.664 bits per heavy atom. The Morgan fingerprint density at radius 3 is 0.969 bits per heavy atom. The Balaban J connectivity index is 0.647. The maximum Gasteiger partial charge on any atom is 0.407 e. The highest BCUT2D eigenvalue weighted by molar-refractivity contribution is 5.89. The van der Waals surface area contributed by atoms with Crippen LogP contribution in [0, 0.1) is 40.4 Å². The van der Waals surface area contributed by atoms with Crippen LogP contribution in [-0.2, 0) is 91.9 Å². The van der Waals surface area contributed by atoms with Crippen molar-refractivity contribution in [3.63, 3.8) is 0 Å². The maximum atomic E-state index is 14.3. The van der Waals surface area contributed by atoms with Crippen molar-refractivity contribution in [2.45, 2.75) is 107 Å². The number of amides is 1. The second kappa shape index (κ2) is 41.4. The lowest BCUT2D eigenvalue weighted by Gasteiger charge is -2.46. The van der Waals surface area contributed by atoms with Gasteiger partial charge in [0.25, 0.3) is 0 Å². The molecule has 1 amide bonds. The van der Waals surface area contributed by atoms with Gasteiger partial charge in [-0.2, -0.15) is 0 Å². The van der Waals surface area contributed by atoms with E-state index in [1.165, 1.54) is 0 Å². The van der Waals surface area contributed by atoms with Crippen molar-refractivity contribution in [1.82, 2.24) is 5.32 Å². The Morgan fingerprint density at radius 1 is 0.375 bits per heavy atom. The molecule has 5 aliphatic carbocycles. The van der Waals surface area contributed by atoms with Crippen molar-refractivity contribution in [3.8, 4) is 45.3 Å². The van der Waals surface area contributed by atoms with Gasteiger partial charge in [0.2, 0.25) is 0 Å². The second-order valence-electron chi connectivity index (χ2n) is 33.6. The number of nitrogens with one attached hydrogen (secondary N) is 1. The van der Waals surface area contributed by atoms with E-state index in [2.05, 4.69) is 94.0 Å². The lowest BCUT2D eigenvalue weighted by atomic mass is 9.60. The van der Waals surface area contributed by atoms with Crippen LogP contribution in [0.4, 0.5) is 4.79 Å². The molecule has 664 valence electrons. The number of hydrogen-bond donors (Lipinski definition) is 3. The van der Waals surface area contributed by atoms with Crippen LogP contribution in [0.15, 0.2) is 269 Å². The number of rotatable bonds is 40. The van der Waals surface area contributed by atoms with Crippen LogP contribution in [0.1, 0.15) is 117 Å². The molecule has 0 bridgehead atoms. The summed E-state index contributed by atoms with van der Waals surface area (Å²) < 4.78 is 70.3. The molecule has 0 aromatic heterocycles. The van der Waals surface area contributed by atoms with Crippen LogP contribution in [0.3, 0.4) is 0 Å². The molecular weight excluding hydrogens is 1640 g/mol. The lowest BCUT2D eigenvalue weighted by molar-refractivity contribution is -0.167. The van der Waals surface area contributed by atoms with Gasteiger partial charge in [0.15, 0.2) is 24.4 Å². The van der Waals surface area contributed by atoms with Crippen molar-refractivity contribution in [3.05, 3.63) is 314 Å². The number of benzene rings is 8. The minimum Gasteiger partial charge on any atom is -0.490 e. The van der Waals surface area contributed by atoms with Gasteiger partial charge in [-0.25, -0.2) is 24.0 Å². The average molecular weight is 1740 g/mol. The summed E-state index contributed by atoms with van der Waals surface area (Å²) in [7, 11) is 0. The van der Waals surface area contributed by atoms with E-state index in [9.17, 15) is 58.2 Å². The van der Waals surface area contributed by atoms with E-state index >= 15 is 0 Å². The fourth-order valence-corrected chi connectivity index (χ4v) is 18.7. The van der Waals surface area contributed by atoms with Crippen LogP contribution in [0.25, 0.3) is 22.3 Å². The third-order valence-electron chi connectivity index (χ3n) is 24.0. The zero-order chi connectivity index (χ0) is 90.7. The SMILES string of the molecule is C=CC(=O)OCC(COc1ccc(C2(c3ccc(OCC(COC(=O)C=C)OC(=O)C4CC=CCC4C(=O)O)cc3)c3ccccc3-c3ccccc32)cc1)OC(=O)CC1CC(C)(C)CC(C)(CNC(=O)OC(COC(=O)C=C)COc2ccc(C3(c4ccc(OCC(COC(=O)C=C)OC(=O)C5CC=CCC5C(=O)O)cc4)c4ccccc4-c4ccccc43)cc2)C1. The van der Waals surface area contributed by atoms with Crippen molar-refractivity contribution >= 4 is 59.8 Å². The van der Waals surface area contributed by atoms with Crippen LogP contribution in [0.5, 0.6) is 23.0 Å². The van der Waals surface area contributed by atoms with Gasteiger partial charge in [0.1, 0.15) is 75.9 Å². The Kier molecular flexibility index (Phi) is 29.6. The zero-order valence-corrected chi connectivity index (χ0v) is 71.5. The summed E-state index contributed by atoms with van der Waals surface area (Å²) >= 11 is 0. The predicted octanol–water partition coefficient (Wildman–Crippen LogP) is 15.9. The first kappa shape index (κ1) is 91.6. The molecular formula is C103H103NO24. The topological polar surface area (TPSA) is 334 Å². The van der Waals surface area contributed by atoms with E-state index in [1.807, 2.05) is 128 Å². The quantitative estimate of drug-likeness (QED) is 0.0139. The van der Waals surface area contributed by atoms with Crippen molar-refractivity contribution < 1.29 is 115 Å². The molecule has 25 nitrogen and oxygen atoms in total. The fourth-order valence-electron chi connectivity index (χ4n) is 18.7. The number of esters is 7. The largest absolute Gasteiger partial charge is 0.490 e. The molecule has 1 fully saturated rings. The highest BCUT2D eigenvalue weighted by Gasteiger charge is 2.49. The molecule has 3 N–H and O–H groups in total. The molecule has 0 aliphatic heterocycles. The number of allylic oxidation sites excluding steroid dienone is 4. The normalized spacial score (nSPS) is 19.4. The molecule has 25 heteroatoms. The summed E-state index contributed by atoms with van der Waals surface area (Å²) in [6, 6.07) is 62.7. The van der Waals surface area contributed by atoms with Gasteiger partial charge in [-0.1, -0.05) is 217 Å². The molecule has 10 unspecified atom stereocenters. The van der Waals surface area contributed by atoms with Crippen LogP contribution in [-0.4, -0.2) is 154 Å². The maximum absolute atomic E-state index is 14.3. The average Bonchev–Trinajstić information content (AvgIpc) is 1.54. The number of carbonyl (C=O) groups is 10.